The average molecular weight is 547 g/mol. The van der Waals surface area contributed by atoms with E-state index in [9.17, 15) is 0 Å². The minimum atomic E-state index is 0.647. The van der Waals surface area contributed by atoms with E-state index >= 15 is 0 Å². The van der Waals surface area contributed by atoms with E-state index in [0.717, 1.165) is 48.0 Å². The SMILES string of the molecule is Brc1ccccc1-c1nc2ccccc2[nH]1.Brc1ccccc1-c1nc2ccccc2o1. The largest absolute Gasteiger partial charge is 0.436 e. The number of imidazole rings is 1. The molecule has 0 aliphatic heterocycles. The first-order chi connectivity index (χ1) is 15.7. The highest BCUT2D eigenvalue weighted by Crippen LogP contribution is 2.30. The molecule has 4 nitrogen and oxygen atoms in total. The van der Waals surface area contributed by atoms with Gasteiger partial charge < -0.3 is 9.40 Å². The Morgan fingerprint density at radius 2 is 1.19 bits per heavy atom. The van der Waals surface area contributed by atoms with E-state index in [4.69, 9.17) is 4.42 Å². The highest BCUT2D eigenvalue weighted by atomic mass is 79.9. The Hall–Kier alpha value is -3.22. The Balaban J connectivity index is 0.000000135. The molecule has 0 saturated carbocycles. The van der Waals surface area contributed by atoms with E-state index in [1.54, 1.807) is 0 Å². The molecule has 2 heterocycles. The minimum absolute atomic E-state index is 0.647. The lowest BCUT2D eigenvalue weighted by molar-refractivity contribution is 0.619. The molecule has 0 bridgehead atoms. The van der Waals surface area contributed by atoms with Crippen molar-refractivity contribution in [3.63, 3.8) is 0 Å². The van der Waals surface area contributed by atoms with Crippen LogP contribution in [0.3, 0.4) is 0 Å². The molecule has 0 radical (unpaired) electrons. The van der Waals surface area contributed by atoms with Crippen LogP contribution in [0.25, 0.3) is 45.0 Å². The smallest absolute Gasteiger partial charge is 0.228 e. The highest BCUT2D eigenvalue weighted by Gasteiger charge is 2.10. The third-order valence-corrected chi connectivity index (χ3v) is 6.30. The maximum Gasteiger partial charge on any atom is 0.228 e. The average Bonchev–Trinajstić information content (AvgIpc) is 3.44. The monoisotopic (exact) mass is 545 g/mol. The molecular weight excluding hydrogens is 530 g/mol. The van der Waals surface area contributed by atoms with Gasteiger partial charge in [0, 0.05) is 14.5 Å². The van der Waals surface area contributed by atoms with Crippen LogP contribution in [0.1, 0.15) is 0 Å². The quantitative estimate of drug-likeness (QED) is 0.238. The van der Waals surface area contributed by atoms with Crippen LogP contribution in [-0.4, -0.2) is 15.0 Å². The van der Waals surface area contributed by atoms with Crippen LogP contribution in [0.2, 0.25) is 0 Å². The van der Waals surface area contributed by atoms with Gasteiger partial charge in [0.1, 0.15) is 11.3 Å². The van der Waals surface area contributed by atoms with Gasteiger partial charge in [-0.1, -0.05) is 70.5 Å². The summed E-state index contributed by atoms with van der Waals surface area (Å²) in [5, 5.41) is 0. The van der Waals surface area contributed by atoms with Crippen molar-refractivity contribution < 1.29 is 4.42 Å². The molecule has 0 fully saturated rings. The third kappa shape index (κ3) is 4.24. The Morgan fingerprint density at radius 1 is 0.594 bits per heavy atom. The predicted molar refractivity (Wildman–Crippen MR) is 136 cm³/mol. The number of oxazole rings is 1. The second kappa shape index (κ2) is 9.10. The Labute approximate surface area is 201 Å². The third-order valence-electron chi connectivity index (χ3n) is 4.92. The van der Waals surface area contributed by atoms with Crippen LogP contribution in [0.15, 0.2) is 110 Å². The van der Waals surface area contributed by atoms with Crippen LogP contribution in [0, 0.1) is 0 Å². The molecule has 6 aromatic rings. The lowest BCUT2D eigenvalue weighted by Crippen LogP contribution is -1.80. The number of rotatable bonds is 2. The topological polar surface area (TPSA) is 54.7 Å². The molecule has 4 aromatic carbocycles. The second-order valence-electron chi connectivity index (χ2n) is 7.05. The fraction of sp³-hybridized carbons (Fsp3) is 0. The molecule has 6 rings (SSSR count). The van der Waals surface area contributed by atoms with Gasteiger partial charge in [-0.3, -0.25) is 0 Å². The molecule has 6 heteroatoms. The molecule has 0 aliphatic carbocycles. The molecular formula is C26H17Br2N3O. The van der Waals surface area contributed by atoms with E-state index in [2.05, 4.69) is 46.8 Å². The molecule has 0 amide bonds. The summed E-state index contributed by atoms with van der Waals surface area (Å²) in [5.74, 6) is 1.54. The number of H-pyrrole nitrogens is 1. The van der Waals surface area contributed by atoms with Crippen molar-refractivity contribution in [2.24, 2.45) is 0 Å². The molecule has 0 unspecified atom stereocenters. The number of aromatic amines is 1. The molecule has 32 heavy (non-hydrogen) atoms. The van der Waals surface area contributed by atoms with Crippen LogP contribution >= 0.6 is 31.9 Å². The Bertz CT molecular complexity index is 1340. The maximum atomic E-state index is 5.69. The van der Waals surface area contributed by atoms with Crippen molar-refractivity contribution in [1.29, 1.82) is 0 Å². The standard InChI is InChI=1S/C13H9BrN2.C13H8BrNO/c2*14-10-6-2-1-5-9(10)13-15-11-7-3-4-8-12(11)16-13/h1-8H,(H,15,16);1-8H. The Kier molecular flexibility index (Phi) is 5.88. The summed E-state index contributed by atoms with van der Waals surface area (Å²) in [6, 6.07) is 31.7. The van der Waals surface area contributed by atoms with Crippen LogP contribution in [-0.2, 0) is 0 Å². The van der Waals surface area contributed by atoms with E-state index < -0.39 is 0 Å². The lowest BCUT2D eigenvalue weighted by Gasteiger charge is -1.98. The normalized spacial score (nSPS) is 10.8. The summed E-state index contributed by atoms with van der Waals surface area (Å²) in [6.07, 6.45) is 0. The lowest BCUT2D eigenvalue weighted by atomic mass is 10.2. The first-order valence-corrected chi connectivity index (χ1v) is 11.6. The van der Waals surface area contributed by atoms with Gasteiger partial charge in [0.05, 0.1) is 16.6 Å². The van der Waals surface area contributed by atoms with Gasteiger partial charge >= 0.3 is 0 Å². The first kappa shape index (κ1) is 20.7. The van der Waals surface area contributed by atoms with Crippen molar-refractivity contribution in [2.45, 2.75) is 0 Å². The molecule has 156 valence electrons. The van der Waals surface area contributed by atoms with Gasteiger partial charge in [0.15, 0.2) is 5.58 Å². The highest BCUT2D eigenvalue weighted by molar-refractivity contribution is 9.11. The molecule has 0 aliphatic rings. The summed E-state index contributed by atoms with van der Waals surface area (Å²) in [6.45, 7) is 0. The van der Waals surface area contributed by atoms with Crippen molar-refractivity contribution in [1.82, 2.24) is 15.0 Å². The van der Waals surface area contributed by atoms with E-state index in [-0.39, 0.29) is 0 Å². The summed E-state index contributed by atoms with van der Waals surface area (Å²) >= 11 is 7.02. The number of hydrogen-bond donors (Lipinski definition) is 1. The number of halogens is 2. The van der Waals surface area contributed by atoms with Gasteiger partial charge in [-0.15, -0.1) is 0 Å². The van der Waals surface area contributed by atoms with E-state index in [1.165, 1.54) is 0 Å². The minimum Gasteiger partial charge on any atom is -0.436 e. The van der Waals surface area contributed by atoms with Gasteiger partial charge in [-0.25, -0.2) is 9.97 Å². The number of hydrogen-bond acceptors (Lipinski definition) is 3. The van der Waals surface area contributed by atoms with Crippen molar-refractivity contribution in [3.05, 3.63) is 106 Å². The molecule has 0 saturated heterocycles. The molecule has 1 N–H and O–H groups in total. The van der Waals surface area contributed by atoms with Crippen molar-refractivity contribution in [2.75, 3.05) is 0 Å². The van der Waals surface area contributed by atoms with E-state index in [1.807, 2.05) is 97.1 Å². The van der Waals surface area contributed by atoms with E-state index in [0.29, 0.717) is 5.89 Å². The van der Waals surface area contributed by atoms with Gasteiger partial charge in [-0.05, 0) is 58.4 Å². The van der Waals surface area contributed by atoms with Crippen LogP contribution < -0.4 is 0 Å². The van der Waals surface area contributed by atoms with Gasteiger partial charge in [-0.2, -0.15) is 0 Å². The fourth-order valence-corrected chi connectivity index (χ4v) is 4.28. The number of para-hydroxylation sites is 4. The van der Waals surface area contributed by atoms with Crippen molar-refractivity contribution in [3.8, 4) is 22.8 Å². The maximum absolute atomic E-state index is 5.69. The number of nitrogens with one attached hydrogen (secondary N) is 1. The number of benzene rings is 4. The van der Waals surface area contributed by atoms with Crippen LogP contribution in [0.5, 0.6) is 0 Å². The second-order valence-corrected chi connectivity index (χ2v) is 8.76. The zero-order valence-corrected chi connectivity index (χ0v) is 20.0. The predicted octanol–water partition coefficient (Wildman–Crippen LogP) is 8.25. The fourth-order valence-electron chi connectivity index (χ4n) is 3.36. The number of aromatic nitrogens is 3. The molecule has 2 aromatic heterocycles. The van der Waals surface area contributed by atoms with Gasteiger partial charge in [0.25, 0.3) is 0 Å². The number of fused-ring (bicyclic) bond motifs is 2. The Morgan fingerprint density at radius 3 is 1.88 bits per heavy atom. The summed E-state index contributed by atoms with van der Waals surface area (Å²) in [5.41, 5.74) is 5.81. The number of nitrogens with zero attached hydrogens (tertiary/aromatic N) is 2. The first-order valence-electron chi connectivity index (χ1n) is 9.99. The van der Waals surface area contributed by atoms with Crippen molar-refractivity contribution >= 4 is 54.0 Å². The summed E-state index contributed by atoms with van der Waals surface area (Å²) in [4.78, 5) is 12.3. The summed E-state index contributed by atoms with van der Waals surface area (Å²) < 4.78 is 7.73. The summed E-state index contributed by atoms with van der Waals surface area (Å²) in [7, 11) is 0. The molecule has 0 spiro atoms. The molecule has 0 atom stereocenters. The van der Waals surface area contributed by atoms with Gasteiger partial charge in [0.2, 0.25) is 5.89 Å². The van der Waals surface area contributed by atoms with Crippen LogP contribution in [0.4, 0.5) is 0 Å². The zero-order valence-electron chi connectivity index (χ0n) is 16.8. The zero-order chi connectivity index (χ0) is 21.9.